The number of aryl methyl sites for hydroxylation is 2. The maximum Gasteiger partial charge on any atom is 0.186 e. The van der Waals surface area contributed by atoms with Gasteiger partial charge in [0, 0.05) is 24.7 Å². The van der Waals surface area contributed by atoms with Crippen LogP contribution in [0.25, 0.3) is 27.1 Å². The fourth-order valence-electron chi connectivity index (χ4n) is 4.28. The Balaban J connectivity index is 0.00000231. The topological polar surface area (TPSA) is 58.4 Å². The molecule has 0 spiro atoms. The Bertz CT molecular complexity index is 1250. The second kappa shape index (κ2) is 8.33. The van der Waals surface area contributed by atoms with Gasteiger partial charge in [0.05, 0.1) is 22.3 Å². The molecule has 1 aromatic carbocycles. The van der Waals surface area contributed by atoms with E-state index in [2.05, 4.69) is 39.3 Å². The van der Waals surface area contributed by atoms with Crippen LogP contribution in [-0.2, 0) is 0 Å². The Morgan fingerprint density at radius 2 is 2.03 bits per heavy atom. The fourth-order valence-corrected chi connectivity index (χ4v) is 5.33. The van der Waals surface area contributed by atoms with Gasteiger partial charge >= 0.3 is 0 Å². The van der Waals surface area contributed by atoms with Crippen LogP contribution >= 0.6 is 23.7 Å². The van der Waals surface area contributed by atoms with Crippen LogP contribution in [0.3, 0.4) is 0 Å². The first-order valence-corrected chi connectivity index (χ1v) is 11.1. The van der Waals surface area contributed by atoms with Crippen molar-refractivity contribution in [3.05, 3.63) is 41.5 Å². The predicted octanol–water partition coefficient (Wildman–Crippen LogP) is 4.76. The summed E-state index contributed by atoms with van der Waals surface area (Å²) in [5.74, 6) is -0.307. The fraction of sp³-hybridized carbons (Fsp3) is 0.409. The number of hydrogen-bond acceptors (Lipinski definition) is 6. The summed E-state index contributed by atoms with van der Waals surface area (Å²) >= 11 is 1.54. The minimum Gasteiger partial charge on any atom is -0.348 e. The summed E-state index contributed by atoms with van der Waals surface area (Å²) in [6.45, 7) is 7.15. The zero-order chi connectivity index (χ0) is 21.0. The standard InChI is InChI=1S/C22H25FN6S.ClH/c1-12-7-18(27-29-11-14(3)25-21(12)29)15-9-17(23)20-19(10-15)30-22(26-20)28(4)16-5-6-24-13(2)8-16;/h7,9-11,13,16,24H,5-6,8H2,1-4H3;1H/t13-,16?;/m0./s1. The number of piperidine rings is 1. The van der Waals surface area contributed by atoms with Crippen molar-refractivity contribution in [3.63, 3.8) is 0 Å². The Hall–Kier alpha value is -2.29. The van der Waals surface area contributed by atoms with Gasteiger partial charge in [-0.05, 0) is 63.9 Å². The minimum absolute atomic E-state index is 0. The highest BCUT2D eigenvalue weighted by Crippen LogP contribution is 2.35. The third-order valence-corrected chi connectivity index (χ3v) is 7.00. The van der Waals surface area contributed by atoms with Crippen molar-refractivity contribution < 1.29 is 4.39 Å². The molecular formula is C22H26ClFN6S. The molecule has 0 saturated carbocycles. The lowest BCUT2D eigenvalue weighted by atomic mass is 10.00. The molecule has 9 heteroatoms. The van der Waals surface area contributed by atoms with Crippen molar-refractivity contribution in [1.29, 1.82) is 0 Å². The van der Waals surface area contributed by atoms with Crippen LogP contribution in [0.15, 0.2) is 24.4 Å². The molecule has 1 aliphatic heterocycles. The smallest absolute Gasteiger partial charge is 0.186 e. The molecule has 164 valence electrons. The highest BCUT2D eigenvalue weighted by Gasteiger charge is 2.24. The summed E-state index contributed by atoms with van der Waals surface area (Å²) in [4.78, 5) is 11.3. The molecule has 0 aliphatic carbocycles. The van der Waals surface area contributed by atoms with E-state index in [1.807, 2.05) is 32.2 Å². The summed E-state index contributed by atoms with van der Waals surface area (Å²) in [7, 11) is 2.07. The second-order valence-electron chi connectivity index (χ2n) is 8.31. The highest BCUT2D eigenvalue weighted by atomic mass is 35.5. The molecular weight excluding hydrogens is 435 g/mol. The van der Waals surface area contributed by atoms with Gasteiger partial charge in [-0.2, -0.15) is 5.10 Å². The number of nitrogens with one attached hydrogen (secondary N) is 1. The maximum atomic E-state index is 15.0. The van der Waals surface area contributed by atoms with Crippen LogP contribution in [0.1, 0.15) is 31.0 Å². The van der Waals surface area contributed by atoms with Crippen LogP contribution < -0.4 is 10.2 Å². The van der Waals surface area contributed by atoms with Crippen molar-refractivity contribution in [3.8, 4) is 11.3 Å². The number of thiazole rings is 1. The van der Waals surface area contributed by atoms with Crippen molar-refractivity contribution >= 4 is 44.7 Å². The molecule has 31 heavy (non-hydrogen) atoms. The summed E-state index contributed by atoms with van der Waals surface area (Å²) in [6, 6.07) is 6.40. The molecule has 1 N–H and O–H groups in total. The largest absolute Gasteiger partial charge is 0.348 e. The Morgan fingerprint density at radius 3 is 2.81 bits per heavy atom. The Labute approximate surface area is 190 Å². The lowest BCUT2D eigenvalue weighted by Crippen LogP contribution is -2.45. The number of rotatable bonds is 3. The van der Waals surface area contributed by atoms with E-state index in [1.54, 1.807) is 15.9 Å². The summed E-state index contributed by atoms with van der Waals surface area (Å²) in [5.41, 5.74) is 4.67. The number of nitrogens with zero attached hydrogens (tertiary/aromatic N) is 5. The third kappa shape index (κ3) is 4.00. The number of imidazole rings is 1. The van der Waals surface area contributed by atoms with E-state index in [4.69, 9.17) is 0 Å². The number of anilines is 1. The quantitative estimate of drug-likeness (QED) is 0.477. The molecule has 4 heterocycles. The van der Waals surface area contributed by atoms with Crippen LogP contribution in [-0.4, -0.2) is 45.3 Å². The molecule has 6 nitrogen and oxygen atoms in total. The van der Waals surface area contributed by atoms with E-state index >= 15 is 4.39 Å². The lowest BCUT2D eigenvalue weighted by Gasteiger charge is -2.34. The van der Waals surface area contributed by atoms with E-state index in [0.29, 0.717) is 17.6 Å². The zero-order valence-electron chi connectivity index (χ0n) is 18.0. The molecule has 5 rings (SSSR count). The molecule has 2 atom stereocenters. The lowest BCUT2D eigenvalue weighted by molar-refractivity contribution is 0.371. The summed E-state index contributed by atoms with van der Waals surface area (Å²) in [6.07, 6.45) is 4.02. The third-order valence-electron chi connectivity index (χ3n) is 5.91. The zero-order valence-corrected chi connectivity index (χ0v) is 19.6. The monoisotopic (exact) mass is 460 g/mol. The molecule has 1 fully saturated rings. The summed E-state index contributed by atoms with van der Waals surface area (Å²) < 4.78 is 17.6. The number of aromatic nitrogens is 4. The maximum absolute atomic E-state index is 15.0. The van der Waals surface area contributed by atoms with Crippen molar-refractivity contribution in [1.82, 2.24) is 24.9 Å². The van der Waals surface area contributed by atoms with Gasteiger partial charge in [-0.1, -0.05) is 11.3 Å². The molecule has 1 unspecified atom stereocenters. The molecule has 4 aromatic rings. The molecule has 0 bridgehead atoms. The number of hydrogen-bond donors (Lipinski definition) is 1. The van der Waals surface area contributed by atoms with Gasteiger partial charge in [0.1, 0.15) is 5.52 Å². The van der Waals surface area contributed by atoms with Gasteiger partial charge in [0.25, 0.3) is 0 Å². The first-order valence-electron chi connectivity index (χ1n) is 10.3. The SMILES string of the molecule is Cc1cn2nc(-c3cc(F)c4nc(N(C)C5CCN[C@@H](C)C5)sc4c3)cc(C)c2n1.Cl. The number of benzene rings is 1. The molecule has 1 aliphatic rings. The Morgan fingerprint density at radius 1 is 1.23 bits per heavy atom. The normalized spacial score (nSPS) is 19.0. The average molecular weight is 461 g/mol. The van der Waals surface area contributed by atoms with Crippen LogP contribution in [0, 0.1) is 19.7 Å². The molecule has 3 aromatic heterocycles. The van der Waals surface area contributed by atoms with Gasteiger partial charge in [0.2, 0.25) is 0 Å². The van der Waals surface area contributed by atoms with Crippen LogP contribution in [0.5, 0.6) is 0 Å². The number of halogens is 2. The predicted molar refractivity (Wildman–Crippen MR) is 127 cm³/mol. The van der Waals surface area contributed by atoms with Gasteiger partial charge in [-0.15, -0.1) is 12.4 Å². The van der Waals surface area contributed by atoms with Crippen LogP contribution in [0.2, 0.25) is 0 Å². The molecule has 0 radical (unpaired) electrons. The van der Waals surface area contributed by atoms with Crippen molar-refractivity contribution in [2.45, 2.75) is 45.7 Å². The van der Waals surface area contributed by atoms with E-state index in [1.165, 1.54) is 6.07 Å². The Kier molecular flexibility index (Phi) is 5.89. The number of fused-ring (bicyclic) bond motifs is 2. The van der Waals surface area contributed by atoms with Gasteiger partial charge < -0.3 is 10.2 Å². The second-order valence-corrected chi connectivity index (χ2v) is 9.32. The van der Waals surface area contributed by atoms with Crippen LogP contribution in [0.4, 0.5) is 9.52 Å². The van der Waals surface area contributed by atoms with E-state index in [-0.39, 0.29) is 18.2 Å². The van der Waals surface area contributed by atoms with E-state index < -0.39 is 0 Å². The molecule has 1 saturated heterocycles. The van der Waals surface area contributed by atoms with Gasteiger partial charge in [-0.3, -0.25) is 0 Å². The van der Waals surface area contributed by atoms with Gasteiger partial charge in [-0.25, -0.2) is 18.9 Å². The average Bonchev–Trinajstić information content (AvgIpc) is 3.31. The van der Waals surface area contributed by atoms with E-state index in [0.717, 1.165) is 57.4 Å². The summed E-state index contributed by atoms with van der Waals surface area (Å²) in [5, 5.41) is 9.00. The van der Waals surface area contributed by atoms with Gasteiger partial charge in [0.15, 0.2) is 16.6 Å². The first kappa shape index (κ1) is 21.9. The van der Waals surface area contributed by atoms with Crippen molar-refractivity contribution in [2.75, 3.05) is 18.5 Å². The first-order chi connectivity index (χ1) is 14.4. The highest BCUT2D eigenvalue weighted by molar-refractivity contribution is 7.22. The minimum atomic E-state index is -0.307. The van der Waals surface area contributed by atoms with E-state index in [9.17, 15) is 0 Å². The van der Waals surface area contributed by atoms with Crippen molar-refractivity contribution in [2.24, 2.45) is 0 Å². The molecule has 0 amide bonds.